The Morgan fingerprint density at radius 1 is 1.36 bits per heavy atom. The van der Waals surface area contributed by atoms with E-state index in [2.05, 4.69) is 5.32 Å². The van der Waals surface area contributed by atoms with Crippen LogP contribution in [0.5, 0.6) is 0 Å². The zero-order valence-corrected chi connectivity index (χ0v) is 8.59. The van der Waals surface area contributed by atoms with Crippen LogP contribution in [0.25, 0.3) is 0 Å². The molecule has 14 heavy (non-hydrogen) atoms. The number of nitrogens with one attached hydrogen (secondary N) is 1. The van der Waals surface area contributed by atoms with Gasteiger partial charge in [-0.25, -0.2) is 0 Å². The fraction of sp³-hybridized carbons (Fsp3) is 0.300. The minimum Gasteiger partial charge on any atom is -0.396 e. The molecule has 0 aromatic heterocycles. The van der Waals surface area contributed by atoms with Gasteiger partial charge in [-0.15, -0.1) is 11.8 Å². The normalized spacial score (nSPS) is 9.79. The smallest absolute Gasteiger partial charge is 0.234 e. The molecule has 0 aliphatic heterocycles. The lowest BCUT2D eigenvalue weighted by atomic mass is 10.3. The molecular weight excluding hydrogens is 198 g/mol. The standard InChI is InChI=1S/C10H13NO2S/c12-6-7-14-8-10(13)11-9-4-2-1-3-5-9/h1-5,12H,6-8H2,(H,11,13). The molecule has 2 N–H and O–H groups in total. The molecular formula is C10H13NO2S. The molecule has 0 aliphatic carbocycles. The van der Waals surface area contributed by atoms with Crippen LogP contribution in [0.3, 0.4) is 0 Å². The summed E-state index contributed by atoms with van der Waals surface area (Å²) < 4.78 is 0. The number of benzene rings is 1. The van der Waals surface area contributed by atoms with Crippen LogP contribution in [0.15, 0.2) is 30.3 Å². The van der Waals surface area contributed by atoms with Gasteiger partial charge in [0.15, 0.2) is 0 Å². The minimum atomic E-state index is -0.0327. The van der Waals surface area contributed by atoms with Crippen LogP contribution >= 0.6 is 11.8 Å². The van der Waals surface area contributed by atoms with Crippen molar-refractivity contribution in [2.75, 3.05) is 23.4 Å². The number of aliphatic hydroxyl groups is 1. The molecule has 1 aromatic rings. The van der Waals surface area contributed by atoms with Crippen molar-refractivity contribution in [2.24, 2.45) is 0 Å². The summed E-state index contributed by atoms with van der Waals surface area (Å²) in [5, 5.41) is 11.3. The summed E-state index contributed by atoms with van der Waals surface area (Å²) in [6.07, 6.45) is 0. The first-order valence-electron chi connectivity index (χ1n) is 4.36. The highest BCUT2D eigenvalue weighted by Crippen LogP contribution is 2.06. The van der Waals surface area contributed by atoms with Crippen molar-refractivity contribution >= 4 is 23.4 Å². The molecule has 0 heterocycles. The summed E-state index contributed by atoms with van der Waals surface area (Å²) >= 11 is 1.42. The van der Waals surface area contributed by atoms with E-state index < -0.39 is 0 Å². The van der Waals surface area contributed by atoms with Crippen LogP contribution < -0.4 is 5.32 Å². The van der Waals surface area contributed by atoms with E-state index in [4.69, 9.17) is 5.11 Å². The lowest BCUT2D eigenvalue weighted by Gasteiger charge is -2.03. The van der Waals surface area contributed by atoms with Gasteiger partial charge in [0.05, 0.1) is 12.4 Å². The maximum Gasteiger partial charge on any atom is 0.234 e. The van der Waals surface area contributed by atoms with Crippen LogP contribution in [0.1, 0.15) is 0 Å². The second kappa shape index (κ2) is 6.45. The number of rotatable bonds is 5. The zero-order chi connectivity index (χ0) is 10.2. The van der Waals surface area contributed by atoms with Crippen molar-refractivity contribution in [3.63, 3.8) is 0 Å². The van der Waals surface area contributed by atoms with Gasteiger partial charge in [0.2, 0.25) is 5.91 Å². The van der Waals surface area contributed by atoms with Gasteiger partial charge in [-0.3, -0.25) is 4.79 Å². The predicted molar refractivity (Wildman–Crippen MR) is 59.5 cm³/mol. The SMILES string of the molecule is O=C(CSCCO)Nc1ccccc1. The van der Waals surface area contributed by atoms with E-state index in [1.807, 2.05) is 30.3 Å². The third-order valence-electron chi connectivity index (χ3n) is 1.53. The van der Waals surface area contributed by atoms with E-state index in [1.165, 1.54) is 11.8 Å². The van der Waals surface area contributed by atoms with Crippen LogP contribution in [0.4, 0.5) is 5.69 Å². The number of para-hydroxylation sites is 1. The first-order valence-corrected chi connectivity index (χ1v) is 5.52. The topological polar surface area (TPSA) is 49.3 Å². The Labute approximate surface area is 87.5 Å². The second-order valence-corrected chi connectivity index (χ2v) is 3.80. The third kappa shape index (κ3) is 4.30. The maximum absolute atomic E-state index is 11.3. The molecule has 0 fully saturated rings. The first kappa shape index (κ1) is 11.1. The fourth-order valence-electron chi connectivity index (χ4n) is 0.948. The van der Waals surface area contributed by atoms with Gasteiger partial charge in [-0.1, -0.05) is 18.2 Å². The zero-order valence-electron chi connectivity index (χ0n) is 7.77. The highest BCUT2D eigenvalue weighted by Gasteiger charge is 2.00. The molecule has 1 amide bonds. The summed E-state index contributed by atoms with van der Waals surface area (Å²) in [5.41, 5.74) is 0.807. The average Bonchev–Trinajstić information content (AvgIpc) is 2.20. The molecule has 0 bridgehead atoms. The van der Waals surface area contributed by atoms with Gasteiger partial charge in [0.25, 0.3) is 0 Å². The number of carbonyl (C=O) groups excluding carboxylic acids is 1. The molecule has 0 atom stereocenters. The Morgan fingerprint density at radius 2 is 2.07 bits per heavy atom. The molecule has 3 nitrogen and oxygen atoms in total. The summed E-state index contributed by atoms with van der Waals surface area (Å²) in [6, 6.07) is 9.33. The number of amides is 1. The third-order valence-corrected chi connectivity index (χ3v) is 2.46. The van der Waals surface area contributed by atoms with Gasteiger partial charge in [-0.2, -0.15) is 0 Å². The molecule has 4 heteroatoms. The quantitative estimate of drug-likeness (QED) is 0.723. The summed E-state index contributed by atoms with van der Waals surface area (Å²) in [7, 11) is 0. The predicted octanol–water partition coefficient (Wildman–Crippen LogP) is 1.35. The Morgan fingerprint density at radius 3 is 2.71 bits per heavy atom. The molecule has 0 spiro atoms. The number of carbonyl (C=O) groups is 1. The Kier molecular flexibility index (Phi) is 5.11. The maximum atomic E-state index is 11.3. The van der Waals surface area contributed by atoms with E-state index in [-0.39, 0.29) is 12.5 Å². The molecule has 0 saturated heterocycles. The van der Waals surface area contributed by atoms with Crippen molar-refractivity contribution in [1.29, 1.82) is 0 Å². The van der Waals surface area contributed by atoms with Gasteiger partial charge < -0.3 is 10.4 Å². The van der Waals surface area contributed by atoms with E-state index in [0.29, 0.717) is 11.5 Å². The van der Waals surface area contributed by atoms with Crippen molar-refractivity contribution in [2.45, 2.75) is 0 Å². The lowest BCUT2D eigenvalue weighted by molar-refractivity contribution is -0.113. The van der Waals surface area contributed by atoms with Crippen LogP contribution in [-0.4, -0.2) is 29.1 Å². The average molecular weight is 211 g/mol. The summed E-state index contributed by atoms with van der Waals surface area (Å²) in [5.74, 6) is 0.951. The highest BCUT2D eigenvalue weighted by molar-refractivity contribution is 7.99. The molecule has 1 rings (SSSR count). The monoisotopic (exact) mass is 211 g/mol. The highest BCUT2D eigenvalue weighted by atomic mass is 32.2. The van der Waals surface area contributed by atoms with Crippen molar-refractivity contribution in [3.8, 4) is 0 Å². The summed E-state index contributed by atoms with van der Waals surface area (Å²) in [6.45, 7) is 0.114. The number of hydrogen-bond donors (Lipinski definition) is 2. The minimum absolute atomic E-state index is 0.0327. The van der Waals surface area contributed by atoms with E-state index in [1.54, 1.807) is 0 Å². The van der Waals surface area contributed by atoms with Crippen molar-refractivity contribution in [3.05, 3.63) is 30.3 Å². The molecule has 76 valence electrons. The molecule has 0 aliphatic rings. The number of hydrogen-bond acceptors (Lipinski definition) is 3. The molecule has 0 saturated carbocycles. The van der Waals surface area contributed by atoms with E-state index in [9.17, 15) is 4.79 Å². The first-order chi connectivity index (χ1) is 6.83. The van der Waals surface area contributed by atoms with Crippen molar-refractivity contribution < 1.29 is 9.90 Å². The number of anilines is 1. The lowest BCUT2D eigenvalue weighted by Crippen LogP contribution is -2.14. The second-order valence-electron chi connectivity index (χ2n) is 2.69. The van der Waals surface area contributed by atoms with Gasteiger partial charge >= 0.3 is 0 Å². The Hall–Kier alpha value is -1.00. The Bertz CT molecular complexity index is 277. The number of aliphatic hydroxyl groups excluding tert-OH is 1. The van der Waals surface area contributed by atoms with Crippen LogP contribution in [0, 0.1) is 0 Å². The van der Waals surface area contributed by atoms with Crippen molar-refractivity contribution in [1.82, 2.24) is 0 Å². The fourth-order valence-corrected chi connectivity index (χ4v) is 1.48. The van der Waals surface area contributed by atoms with Crippen LogP contribution in [0.2, 0.25) is 0 Å². The largest absolute Gasteiger partial charge is 0.396 e. The van der Waals surface area contributed by atoms with Gasteiger partial charge in [-0.05, 0) is 12.1 Å². The van der Waals surface area contributed by atoms with E-state index in [0.717, 1.165) is 5.69 Å². The van der Waals surface area contributed by atoms with Gasteiger partial charge in [0, 0.05) is 11.4 Å². The van der Waals surface area contributed by atoms with Crippen LogP contribution in [-0.2, 0) is 4.79 Å². The molecule has 0 radical (unpaired) electrons. The molecule has 1 aromatic carbocycles. The molecule has 0 unspecified atom stereocenters. The Balaban J connectivity index is 2.27. The van der Waals surface area contributed by atoms with E-state index >= 15 is 0 Å². The summed E-state index contributed by atoms with van der Waals surface area (Å²) in [4.78, 5) is 11.3. The van der Waals surface area contributed by atoms with Gasteiger partial charge in [0.1, 0.15) is 0 Å². The number of thioether (sulfide) groups is 1.